The van der Waals surface area contributed by atoms with Gasteiger partial charge in [0.2, 0.25) is 0 Å². The molecule has 0 radical (unpaired) electrons. The molecule has 4 heteroatoms. The first-order valence-electron chi connectivity index (χ1n) is 5.63. The molecule has 0 aliphatic carbocycles. The van der Waals surface area contributed by atoms with Crippen molar-refractivity contribution in [2.24, 2.45) is 5.73 Å². The molecule has 0 aliphatic heterocycles. The maximum atomic E-state index is 5.53. The molecule has 0 bridgehead atoms. The van der Waals surface area contributed by atoms with Crippen molar-refractivity contribution in [3.8, 4) is 0 Å². The molecule has 0 amide bonds. The molecule has 0 aromatic rings. The summed E-state index contributed by atoms with van der Waals surface area (Å²) < 4.78 is 10.5. The molecule has 0 atom stereocenters. The zero-order valence-electron chi connectivity index (χ0n) is 11.5. The van der Waals surface area contributed by atoms with Crippen LogP contribution in [0.4, 0.5) is 0 Å². The first kappa shape index (κ1) is 17.5. The fourth-order valence-electron chi connectivity index (χ4n) is 0.742. The fraction of sp³-hybridized carbons (Fsp3) is 1.00. The van der Waals surface area contributed by atoms with E-state index in [1.807, 2.05) is 13.8 Å². The Hall–Kier alpha value is 0.0969. The third kappa shape index (κ3) is 12.0. The molecule has 3 nitrogen and oxygen atoms in total. The van der Waals surface area contributed by atoms with Gasteiger partial charge in [-0.15, -0.1) is 0 Å². The molecule has 0 aromatic carbocycles. The van der Waals surface area contributed by atoms with Gasteiger partial charge in [0.05, 0.1) is 0 Å². The van der Waals surface area contributed by atoms with Crippen LogP contribution in [0.1, 0.15) is 40.5 Å². The minimum atomic E-state index is -1.70. The standard InChI is InChI=1S/C6H16O2Si.C5H13N/c1-5-6-9(4,7-2)8-3;1-4-5(2,3)6/h5-6H2,1-4H3;4,6H2,1-3H3. The van der Waals surface area contributed by atoms with E-state index in [1.54, 1.807) is 14.2 Å². The molecule has 0 aliphatic rings. The fourth-order valence-corrected chi connectivity index (χ4v) is 2.22. The topological polar surface area (TPSA) is 44.5 Å². The second kappa shape index (κ2) is 8.27. The lowest BCUT2D eigenvalue weighted by atomic mass is 10.1. The van der Waals surface area contributed by atoms with Gasteiger partial charge in [0, 0.05) is 19.8 Å². The molecule has 0 rings (SSSR count). The molecule has 2 N–H and O–H groups in total. The summed E-state index contributed by atoms with van der Waals surface area (Å²) in [6.45, 7) is 10.3. The monoisotopic (exact) mass is 235 g/mol. The predicted octanol–water partition coefficient (Wildman–Crippen LogP) is 2.89. The Morgan fingerprint density at radius 1 is 1.13 bits per heavy atom. The van der Waals surface area contributed by atoms with Crippen molar-refractivity contribution in [3.05, 3.63) is 0 Å². The van der Waals surface area contributed by atoms with Crippen molar-refractivity contribution in [1.29, 1.82) is 0 Å². The average molecular weight is 235 g/mol. The van der Waals surface area contributed by atoms with E-state index in [9.17, 15) is 0 Å². The highest BCUT2D eigenvalue weighted by Gasteiger charge is 2.26. The van der Waals surface area contributed by atoms with Gasteiger partial charge in [-0.25, -0.2) is 0 Å². The third-order valence-corrected chi connectivity index (χ3v) is 5.61. The Bertz CT molecular complexity index is 142. The molecule has 0 heterocycles. The molecule has 0 spiro atoms. The maximum Gasteiger partial charge on any atom is 0.334 e. The molecular weight excluding hydrogens is 206 g/mol. The molecule has 0 aromatic heterocycles. The van der Waals surface area contributed by atoms with Gasteiger partial charge in [-0.3, -0.25) is 0 Å². The van der Waals surface area contributed by atoms with E-state index >= 15 is 0 Å². The SMILES string of the molecule is CCC(C)(C)N.CCC[Si](C)(OC)OC. The van der Waals surface area contributed by atoms with E-state index < -0.39 is 8.56 Å². The van der Waals surface area contributed by atoms with Crippen molar-refractivity contribution in [2.75, 3.05) is 14.2 Å². The Labute approximate surface area is 96.6 Å². The molecule has 94 valence electrons. The lowest BCUT2D eigenvalue weighted by Crippen LogP contribution is -2.35. The maximum absolute atomic E-state index is 5.53. The van der Waals surface area contributed by atoms with Crippen molar-refractivity contribution in [1.82, 2.24) is 0 Å². The summed E-state index contributed by atoms with van der Waals surface area (Å²) >= 11 is 0. The highest BCUT2D eigenvalue weighted by molar-refractivity contribution is 6.65. The largest absolute Gasteiger partial charge is 0.398 e. The minimum absolute atomic E-state index is 0.0417. The number of hydrogen-bond donors (Lipinski definition) is 1. The van der Waals surface area contributed by atoms with Gasteiger partial charge in [-0.05, 0) is 32.9 Å². The van der Waals surface area contributed by atoms with E-state index in [2.05, 4.69) is 20.4 Å². The highest BCUT2D eigenvalue weighted by Crippen LogP contribution is 2.12. The molecule has 0 saturated heterocycles. The van der Waals surface area contributed by atoms with Crippen LogP contribution in [-0.4, -0.2) is 28.3 Å². The summed E-state index contributed by atoms with van der Waals surface area (Å²) in [7, 11) is 1.76. The summed E-state index contributed by atoms with van der Waals surface area (Å²) in [4.78, 5) is 0. The second-order valence-corrected chi connectivity index (χ2v) is 8.22. The van der Waals surface area contributed by atoms with Crippen molar-refractivity contribution in [3.63, 3.8) is 0 Å². The Morgan fingerprint density at radius 3 is 1.53 bits per heavy atom. The van der Waals surface area contributed by atoms with Crippen molar-refractivity contribution in [2.45, 2.75) is 58.7 Å². The van der Waals surface area contributed by atoms with E-state index in [0.29, 0.717) is 0 Å². The summed E-state index contributed by atoms with van der Waals surface area (Å²) in [5.74, 6) is 0. The van der Waals surface area contributed by atoms with Crippen LogP contribution in [0, 0.1) is 0 Å². The Balaban J connectivity index is 0. The summed E-state index contributed by atoms with van der Waals surface area (Å²) in [6, 6.07) is 1.08. The third-order valence-electron chi connectivity index (χ3n) is 2.48. The van der Waals surface area contributed by atoms with Crippen LogP contribution in [0.15, 0.2) is 0 Å². The van der Waals surface area contributed by atoms with Gasteiger partial charge in [-0.1, -0.05) is 20.3 Å². The molecular formula is C11H29NO2Si. The molecule has 0 saturated carbocycles. The second-order valence-electron chi connectivity index (χ2n) is 4.63. The lowest BCUT2D eigenvalue weighted by Gasteiger charge is -2.21. The Kier molecular flexibility index (Phi) is 9.65. The first-order chi connectivity index (χ1) is 6.74. The van der Waals surface area contributed by atoms with Gasteiger partial charge in [0.1, 0.15) is 0 Å². The summed E-state index contributed by atoms with van der Waals surface area (Å²) in [5.41, 5.74) is 5.58. The zero-order chi connectivity index (χ0) is 12.5. The summed E-state index contributed by atoms with van der Waals surface area (Å²) in [6.07, 6.45) is 2.19. The van der Waals surface area contributed by atoms with E-state index in [1.165, 1.54) is 0 Å². The van der Waals surface area contributed by atoms with Gasteiger partial charge in [0.25, 0.3) is 0 Å². The van der Waals surface area contributed by atoms with Crippen LogP contribution in [0.2, 0.25) is 12.6 Å². The van der Waals surface area contributed by atoms with Crippen LogP contribution in [-0.2, 0) is 8.85 Å². The molecule has 15 heavy (non-hydrogen) atoms. The van der Waals surface area contributed by atoms with E-state index in [0.717, 1.165) is 18.9 Å². The van der Waals surface area contributed by atoms with Crippen LogP contribution in [0.5, 0.6) is 0 Å². The number of hydrogen-bond acceptors (Lipinski definition) is 3. The number of nitrogens with two attached hydrogens (primary N) is 1. The Morgan fingerprint density at radius 2 is 1.47 bits per heavy atom. The first-order valence-corrected chi connectivity index (χ1v) is 8.16. The smallest absolute Gasteiger partial charge is 0.334 e. The molecule has 0 unspecified atom stereocenters. The van der Waals surface area contributed by atoms with Gasteiger partial charge < -0.3 is 14.6 Å². The van der Waals surface area contributed by atoms with Crippen LogP contribution in [0.25, 0.3) is 0 Å². The molecule has 0 fully saturated rings. The van der Waals surface area contributed by atoms with Crippen LogP contribution >= 0.6 is 0 Å². The normalized spacial score (nSPS) is 12.0. The predicted molar refractivity (Wildman–Crippen MR) is 69.3 cm³/mol. The van der Waals surface area contributed by atoms with Gasteiger partial charge in [-0.2, -0.15) is 0 Å². The van der Waals surface area contributed by atoms with Gasteiger partial charge >= 0.3 is 8.56 Å². The quantitative estimate of drug-likeness (QED) is 0.745. The minimum Gasteiger partial charge on any atom is -0.398 e. The van der Waals surface area contributed by atoms with Crippen LogP contribution in [0.3, 0.4) is 0 Å². The van der Waals surface area contributed by atoms with Crippen molar-refractivity contribution >= 4 is 8.56 Å². The van der Waals surface area contributed by atoms with Crippen molar-refractivity contribution < 1.29 is 8.85 Å². The zero-order valence-corrected chi connectivity index (χ0v) is 12.5. The number of rotatable bonds is 5. The lowest BCUT2D eigenvalue weighted by molar-refractivity contribution is 0.249. The highest BCUT2D eigenvalue weighted by atomic mass is 28.4. The van der Waals surface area contributed by atoms with Crippen LogP contribution < -0.4 is 5.73 Å². The average Bonchev–Trinajstić information content (AvgIpc) is 2.18. The summed E-state index contributed by atoms with van der Waals surface area (Å²) in [5, 5.41) is 0. The van der Waals surface area contributed by atoms with E-state index in [-0.39, 0.29) is 5.54 Å². The van der Waals surface area contributed by atoms with Gasteiger partial charge in [0.15, 0.2) is 0 Å². The van der Waals surface area contributed by atoms with E-state index in [4.69, 9.17) is 14.6 Å².